The minimum atomic E-state index is -0.641. The van der Waals surface area contributed by atoms with Crippen LogP contribution in [0, 0.1) is 0 Å². The summed E-state index contributed by atoms with van der Waals surface area (Å²) < 4.78 is 18.0. The van der Waals surface area contributed by atoms with Crippen LogP contribution in [0.3, 0.4) is 0 Å². The number of aromatic nitrogens is 3. The molecule has 4 rings (SSSR count). The molecule has 4 aromatic rings. The van der Waals surface area contributed by atoms with E-state index in [9.17, 15) is 5.11 Å². The Morgan fingerprint density at radius 2 is 1.82 bits per heavy atom. The van der Waals surface area contributed by atoms with E-state index >= 15 is 0 Å². The van der Waals surface area contributed by atoms with Crippen molar-refractivity contribution in [2.24, 2.45) is 0 Å². The van der Waals surface area contributed by atoms with Crippen LogP contribution in [0.4, 0.5) is 5.69 Å². The summed E-state index contributed by atoms with van der Waals surface area (Å²) in [6.07, 6.45) is -0.641. The second kappa shape index (κ2) is 11.5. The Kier molecular flexibility index (Phi) is 7.91. The highest BCUT2D eigenvalue weighted by atomic mass is 32.1. The molecule has 9 heteroatoms. The lowest BCUT2D eigenvalue weighted by Crippen LogP contribution is -2.26. The first-order valence-electron chi connectivity index (χ1n) is 10.6. The van der Waals surface area contributed by atoms with Gasteiger partial charge in [0.25, 0.3) is 0 Å². The van der Waals surface area contributed by atoms with Crippen molar-refractivity contribution in [3.63, 3.8) is 0 Å². The van der Waals surface area contributed by atoms with Gasteiger partial charge in [-0.2, -0.15) is 4.98 Å². The van der Waals surface area contributed by atoms with Crippen molar-refractivity contribution in [2.75, 3.05) is 38.8 Å². The van der Waals surface area contributed by atoms with Gasteiger partial charge in [0.2, 0.25) is 0 Å². The third-order valence-electron chi connectivity index (χ3n) is 4.69. The number of hydrogen-bond acceptors (Lipinski definition) is 8. The predicted molar refractivity (Wildman–Crippen MR) is 128 cm³/mol. The monoisotopic (exact) mass is 466 g/mol. The van der Waals surface area contributed by atoms with Crippen molar-refractivity contribution in [3.8, 4) is 28.1 Å². The molecule has 0 radical (unpaired) electrons. The van der Waals surface area contributed by atoms with Gasteiger partial charge in [-0.15, -0.1) is 16.4 Å². The highest BCUT2D eigenvalue weighted by molar-refractivity contribution is 7.13. The number of thiophene rings is 1. The Hall–Kier alpha value is -3.40. The Morgan fingerprint density at radius 1 is 1.00 bits per heavy atom. The predicted octanol–water partition coefficient (Wildman–Crippen LogP) is 3.87. The third-order valence-corrected chi connectivity index (χ3v) is 5.55. The summed E-state index contributed by atoms with van der Waals surface area (Å²) in [6.45, 7) is 1.42. The largest absolute Gasteiger partial charge is 0.491 e. The molecule has 1 unspecified atom stereocenters. The summed E-state index contributed by atoms with van der Waals surface area (Å²) in [5.41, 5.74) is 1.73. The molecule has 0 spiro atoms. The van der Waals surface area contributed by atoms with Crippen molar-refractivity contribution in [1.29, 1.82) is 0 Å². The maximum atomic E-state index is 10.2. The molecule has 172 valence electrons. The van der Waals surface area contributed by atoms with Crippen LogP contribution in [0.15, 0.2) is 72.1 Å². The molecule has 2 aromatic heterocycles. The summed E-state index contributed by atoms with van der Waals surface area (Å²) in [7, 11) is 1.62. The van der Waals surface area contributed by atoms with E-state index < -0.39 is 6.10 Å². The highest BCUT2D eigenvalue weighted by Crippen LogP contribution is 2.27. The molecule has 0 aliphatic rings. The van der Waals surface area contributed by atoms with E-state index in [2.05, 4.69) is 15.4 Å². The van der Waals surface area contributed by atoms with Crippen LogP contribution in [-0.4, -0.2) is 59.5 Å². The average molecular weight is 467 g/mol. The number of benzene rings is 2. The molecular weight excluding hydrogens is 440 g/mol. The van der Waals surface area contributed by atoms with E-state index in [1.165, 1.54) is 0 Å². The molecule has 0 aliphatic carbocycles. The van der Waals surface area contributed by atoms with E-state index in [-0.39, 0.29) is 6.61 Å². The molecular formula is C24H26N4O4S. The SMILES string of the molecule is COCCOc1nc(-c2cccs2)n(-c2ccc(NCC(O)COc3ccccc3)cc2)n1. The minimum Gasteiger partial charge on any atom is -0.491 e. The standard InChI is InChI=1S/C24H26N4O4S/c1-30-13-14-31-24-26-23(22-8-5-15-33-22)28(27-24)19-11-9-18(10-12-19)25-16-20(29)17-32-21-6-3-2-4-7-21/h2-12,15,20,25,29H,13-14,16-17H2,1H3. The first-order valence-corrected chi connectivity index (χ1v) is 11.4. The summed E-state index contributed by atoms with van der Waals surface area (Å²) in [6, 6.07) is 21.5. The van der Waals surface area contributed by atoms with Gasteiger partial charge in [0, 0.05) is 19.3 Å². The van der Waals surface area contributed by atoms with Crippen LogP contribution >= 0.6 is 11.3 Å². The fraction of sp³-hybridized carbons (Fsp3) is 0.250. The number of nitrogens with zero attached hydrogens (tertiary/aromatic N) is 3. The smallest absolute Gasteiger partial charge is 0.336 e. The van der Waals surface area contributed by atoms with Crippen molar-refractivity contribution >= 4 is 17.0 Å². The number of anilines is 1. The molecule has 2 heterocycles. The lowest BCUT2D eigenvalue weighted by atomic mass is 10.2. The molecule has 0 fully saturated rings. The van der Waals surface area contributed by atoms with E-state index in [4.69, 9.17) is 14.2 Å². The molecule has 0 saturated heterocycles. The zero-order valence-corrected chi connectivity index (χ0v) is 19.1. The van der Waals surface area contributed by atoms with E-state index in [0.29, 0.717) is 31.6 Å². The van der Waals surface area contributed by atoms with Crippen LogP contribution in [0.1, 0.15) is 0 Å². The fourth-order valence-electron chi connectivity index (χ4n) is 3.04. The summed E-state index contributed by atoms with van der Waals surface area (Å²) in [5, 5.41) is 20.0. The molecule has 2 N–H and O–H groups in total. The van der Waals surface area contributed by atoms with E-state index in [1.54, 1.807) is 23.1 Å². The Morgan fingerprint density at radius 3 is 2.55 bits per heavy atom. The van der Waals surface area contributed by atoms with Crippen molar-refractivity contribution < 1.29 is 19.3 Å². The Balaban J connectivity index is 1.39. The second-order valence-electron chi connectivity index (χ2n) is 7.15. The summed E-state index contributed by atoms with van der Waals surface area (Å²) in [5.74, 6) is 1.45. The van der Waals surface area contributed by atoms with Gasteiger partial charge < -0.3 is 24.6 Å². The number of aliphatic hydroxyl groups is 1. The van der Waals surface area contributed by atoms with Gasteiger partial charge in [-0.3, -0.25) is 0 Å². The van der Waals surface area contributed by atoms with E-state index in [1.807, 2.05) is 72.1 Å². The van der Waals surface area contributed by atoms with Gasteiger partial charge in [-0.25, -0.2) is 4.68 Å². The van der Waals surface area contributed by atoms with Crippen LogP contribution in [-0.2, 0) is 4.74 Å². The summed E-state index contributed by atoms with van der Waals surface area (Å²) >= 11 is 1.59. The maximum absolute atomic E-state index is 10.2. The first kappa shape index (κ1) is 22.8. The van der Waals surface area contributed by atoms with Crippen LogP contribution in [0.25, 0.3) is 16.4 Å². The number of methoxy groups -OCH3 is 1. The first-order chi connectivity index (χ1) is 16.2. The van der Waals surface area contributed by atoms with Crippen LogP contribution < -0.4 is 14.8 Å². The topological polar surface area (TPSA) is 90.7 Å². The van der Waals surface area contributed by atoms with Crippen molar-refractivity contribution in [1.82, 2.24) is 14.8 Å². The Bertz CT molecular complexity index is 1100. The molecule has 8 nitrogen and oxygen atoms in total. The zero-order valence-electron chi connectivity index (χ0n) is 18.3. The molecule has 0 saturated carbocycles. The lowest BCUT2D eigenvalue weighted by Gasteiger charge is -2.14. The number of aliphatic hydroxyl groups excluding tert-OH is 1. The van der Waals surface area contributed by atoms with Crippen LogP contribution in [0.5, 0.6) is 11.8 Å². The number of nitrogens with one attached hydrogen (secondary N) is 1. The van der Waals surface area contributed by atoms with Gasteiger partial charge in [0.15, 0.2) is 5.82 Å². The number of para-hydroxylation sites is 1. The van der Waals surface area contributed by atoms with E-state index in [0.717, 1.165) is 22.0 Å². The number of ether oxygens (including phenoxy) is 3. The number of hydrogen-bond donors (Lipinski definition) is 2. The molecule has 1 atom stereocenters. The molecule has 0 aliphatic heterocycles. The zero-order chi connectivity index (χ0) is 22.9. The molecule has 2 aromatic carbocycles. The number of rotatable bonds is 12. The molecule has 0 bridgehead atoms. The van der Waals surface area contributed by atoms with Gasteiger partial charge in [0.1, 0.15) is 25.1 Å². The Labute approximate surface area is 196 Å². The molecule has 33 heavy (non-hydrogen) atoms. The highest BCUT2D eigenvalue weighted by Gasteiger charge is 2.15. The van der Waals surface area contributed by atoms with Crippen LogP contribution in [0.2, 0.25) is 0 Å². The average Bonchev–Trinajstić information content (AvgIpc) is 3.53. The van der Waals surface area contributed by atoms with Crippen molar-refractivity contribution in [3.05, 3.63) is 72.1 Å². The second-order valence-corrected chi connectivity index (χ2v) is 8.10. The van der Waals surface area contributed by atoms with Crippen molar-refractivity contribution in [2.45, 2.75) is 6.10 Å². The van der Waals surface area contributed by atoms with Gasteiger partial charge in [0.05, 0.1) is 17.2 Å². The lowest BCUT2D eigenvalue weighted by molar-refractivity contribution is 0.117. The minimum absolute atomic E-state index is 0.212. The fourth-order valence-corrected chi connectivity index (χ4v) is 3.74. The van der Waals surface area contributed by atoms with Gasteiger partial charge >= 0.3 is 6.01 Å². The summed E-state index contributed by atoms with van der Waals surface area (Å²) in [4.78, 5) is 5.54. The quantitative estimate of drug-likeness (QED) is 0.306. The normalized spacial score (nSPS) is 11.8. The third kappa shape index (κ3) is 6.32. The van der Waals surface area contributed by atoms with Gasteiger partial charge in [-0.1, -0.05) is 24.3 Å². The maximum Gasteiger partial charge on any atom is 0.336 e. The van der Waals surface area contributed by atoms with Gasteiger partial charge in [-0.05, 0) is 47.8 Å². The molecule has 0 amide bonds.